The highest BCUT2D eigenvalue weighted by Gasteiger charge is 2.44. The molecule has 0 aromatic heterocycles. The summed E-state index contributed by atoms with van der Waals surface area (Å²) in [5, 5.41) is 3.62. The Kier molecular flexibility index (Phi) is 4.18. The van der Waals surface area contributed by atoms with Gasteiger partial charge in [0.25, 0.3) is 0 Å². The maximum absolute atomic E-state index is 3.62. The lowest BCUT2D eigenvalue weighted by molar-refractivity contribution is 0.00882. The summed E-state index contributed by atoms with van der Waals surface area (Å²) in [5.74, 6) is 3.66. The first-order valence-corrected chi connectivity index (χ1v) is 7.76. The van der Waals surface area contributed by atoms with Crippen molar-refractivity contribution in [2.75, 3.05) is 13.1 Å². The van der Waals surface area contributed by atoms with Crippen molar-refractivity contribution in [3.63, 3.8) is 0 Å². The third-order valence-corrected chi connectivity index (χ3v) is 5.72. The van der Waals surface area contributed by atoms with Crippen LogP contribution in [-0.2, 0) is 0 Å². The summed E-state index contributed by atoms with van der Waals surface area (Å²) in [6.07, 6.45) is 7.41. The molecule has 0 amide bonds. The molecule has 1 heterocycles. The molecule has 1 atom stereocenters. The van der Waals surface area contributed by atoms with Crippen LogP contribution in [0.5, 0.6) is 0 Å². The molecule has 1 aliphatic carbocycles. The van der Waals surface area contributed by atoms with Gasteiger partial charge in [0, 0.05) is 0 Å². The first-order valence-electron chi connectivity index (χ1n) is 7.76. The van der Waals surface area contributed by atoms with Gasteiger partial charge in [-0.2, -0.15) is 0 Å². The predicted molar refractivity (Wildman–Crippen MR) is 75.0 cm³/mol. The molecule has 1 saturated carbocycles. The summed E-state index contributed by atoms with van der Waals surface area (Å²) in [6, 6.07) is 0. The van der Waals surface area contributed by atoms with E-state index in [1.165, 1.54) is 45.2 Å². The molecule has 2 fully saturated rings. The van der Waals surface area contributed by atoms with E-state index >= 15 is 0 Å². The molecule has 1 heteroatoms. The number of hydrogen-bond acceptors (Lipinski definition) is 1. The second kappa shape index (κ2) is 5.30. The molecule has 2 aliphatic rings. The second-order valence-electron chi connectivity index (χ2n) is 7.25. The zero-order valence-corrected chi connectivity index (χ0v) is 12.3. The van der Waals surface area contributed by atoms with Gasteiger partial charge in [-0.05, 0) is 74.3 Å². The van der Waals surface area contributed by atoms with Crippen LogP contribution in [0.15, 0.2) is 0 Å². The fourth-order valence-electron chi connectivity index (χ4n) is 4.44. The van der Waals surface area contributed by atoms with Crippen LogP contribution < -0.4 is 5.32 Å². The van der Waals surface area contributed by atoms with Crippen molar-refractivity contribution in [1.82, 2.24) is 5.32 Å². The number of piperidine rings is 1. The molecule has 1 N–H and O–H groups in total. The van der Waals surface area contributed by atoms with Gasteiger partial charge in [-0.25, -0.2) is 0 Å². The van der Waals surface area contributed by atoms with Gasteiger partial charge in [-0.1, -0.05) is 27.7 Å². The molecule has 1 aliphatic heterocycles. The Bertz CT molecular complexity index is 236. The smallest absolute Gasteiger partial charge is 0.00127 e. The highest BCUT2D eigenvalue weighted by molar-refractivity contribution is 4.96. The van der Waals surface area contributed by atoms with Crippen molar-refractivity contribution in [2.45, 2.75) is 59.8 Å². The summed E-state index contributed by atoms with van der Waals surface area (Å²) in [6.45, 7) is 12.2. The molecule has 2 rings (SSSR count). The van der Waals surface area contributed by atoms with Crippen molar-refractivity contribution < 1.29 is 0 Å². The molecule has 1 nitrogen and oxygen atoms in total. The van der Waals surface area contributed by atoms with E-state index in [1.54, 1.807) is 0 Å². The Morgan fingerprint density at radius 1 is 0.941 bits per heavy atom. The fourth-order valence-corrected chi connectivity index (χ4v) is 4.44. The Morgan fingerprint density at radius 3 is 2.12 bits per heavy atom. The van der Waals surface area contributed by atoms with Crippen LogP contribution in [0.2, 0.25) is 0 Å². The third-order valence-electron chi connectivity index (χ3n) is 5.72. The zero-order chi connectivity index (χ0) is 12.5. The van der Waals surface area contributed by atoms with Gasteiger partial charge in [0.15, 0.2) is 0 Å². The van der Waals surface area contributed by atoms with E-state index in [0.29, 0.717) is 5.41 Å². The van der Waals surface area contributed by atoms with Crippen LogP contribution >= 0.6 is 0 Å². The average molecular weight is 237 g/mol. The molecular formula is C16H31N. The zero-order valence-electron chi connectivity index (χ0n) is 12.3. The third kappa shape index (κ3) is 2.70. The van der Waals surface area contributed by atoms with E-state index in [-0.39, 0.29) is 0 Å². The quantitative estimate of drug-likeness (QED) is 0.763. The molecule has 0 radical (unpaired) electrons. The largest absolute Gasteiger partial charge is 0.316 e. The molecule has 1 unspecified atom stereocenters. The first kappa shape index (κ1) is 13.4. The standard InChI is InChI=1S/C16H31N/c1-12(2)14-5-7-16(8-6-14)9-10-17-11-15(16)13(3)4/h12-15,17H,5-11H2,1-4H3. The normalized spacial score (nSPS) is 39.2. The lowest BCUT2D eigenvalue weighted by atomic mass is 9.57. The van der Waals surface area contributed by atoms with Crippen molar-refractivity contribution in [2.24, 2.45) is 29.1 Å². The van der Waals surface area contributed by atoms with Gasteiger partial charge in [0.1, 0.15) is 0 Å². The average Bonchev–Trinajstić information content (AvgIpc) is 2.29. The van der Waals surface area contributed by atoms with Gasteiger partial charge in [-0.15, -0.1) is 0 Å². The molecule has 0 bridgehead atoms. The van der Waals surface area contributed by atoms with E-state index < -0.39 is 0 Å². The van der Waals surface area contributed by atoms with Gasteiger partial charge >= 0.3 is 0 Å². The van der Waals surface area contributed by atoms with Crippen molar-refractivity contribution in [1.29, 1.82) is 0 Å². The Balaban J connectivity index is 2.03. The predicted octanol–water partition coefficient (Wildman–Crippen LogP) is 4.08. The highest BCUT2D eigenvalue weighted by Crippen LogP contribution is 2.51. The maximum atomic E-state index is 3.62. The molecule has 1 spiro atoms. The Hall–Kier alpha value is -0.0400. The summed E-state index contributed by atoms with van der Waals surface area (Å²) in [5.41, 5.74) is 0.699. The van der Waals surface area contributed by atoms with E-state index in [0.717, 1.165) is 23.7 Å². The van der Waals surface area contributed by atoms with Crippen LogP contribution in [0.25, 0.3) is 0 Å². The first-order chi connectivity index (χ1) is 8.05. The van der Waals surface area contributed by atoms with Gasteiger partial charge in [0.05, 0.1) is 0 Å². The molecule has 0 aromatic rings. The van der Waals surface area contributed by atoms with E-state index in [9.17, 15) is 0 Å². The minimum absolute atomic E-state index is 0.699. The van der Waals surface area contributed by atoms with Crippen LogP contribution in [-0.4, -0.2) is 13.1 Å². The van der Waals surface area contributed by atoms with Crippen LogP contribution in [0, 0.1) is 29.1 Å². The molecular weight excluding hydrogens is 206 g/mol. The number of hydrogen-bond donors (Lipinski definition) is 1. The monoisotopic (exact) mass is 237 g/mol. The van der Waals surface area contributed by atoms with Crippen molar-refractivity contribution in [3.05, 3.63) is 0 Å². The number of nitrogens with one attached hydrogen (secondary N) is 1. The molecule has 17 heavy (non-hydrogen) atoms. The number of rotatable bonds is 2. The summed E-state index contributed by atoms with van der Waals surface area (Å²) >= 11 is 0. The van der Waals surface area contributed by atoms with E-state index in [2.05, 4.69) is 33.0 Å². The summed E-state index contributed by atoms with van der Waals surface area (Å²) < 4.78 is 0. The minimum Gasteiger partial charge on any atom is -0.316 e. The summed E-state index contributed by atoms with van der Waals surface area (Å²) in [7, 11) is 0. The Labute approximate surface area is 108 Å². The van der Waals surface area contributed by atoms with Gasteiger partial charge < -0.3 is 5.32 Å². The van der Waals surface area contributed by atoms with E-state index in [1.807, 2.05) is 0 Å². The van der Waals surface area contributed by atoms with Gasteiger partial charge in [-0.3, -0.25) is 0 Å². The molecule has 1 saturated heterocycles. The van der Waals surface area contributed by atoms with Crippen molar-refractivity contribution >= 4 is 0 Å². The molecule has 0 aromatic carbocycles. The van der Waals surface area contributed by atoms with Crippen LogP contribution in [0.4, 0.5) is 0 Å². The lowest BCUT2D eigenvalue weighted by Crippen LogP contribution is -2.49. The minimum atomic E-state index is 0.699. The summed E-state index contributed by atoms with van der Waals surface area (Å²) in [4.78, 5) is 0. The SMILES string of the molecule is CC(C)C1CCC2(CCNCC2C(C)C)CC1. The topological polar surface area (TPSA) is 12.0 Å². The second-order valence-corrected chi connectivity index (χ2v) is 7.25. The lowest BCUT2D eigenvalue weighted by Gasteiger charge is -2.51. The molecule has 100 valence electrons. The van der Waals surface area contributed by atoms with Crippen molar-refractivity contribution in [3.8, 4) is 0 Å². The fraction of sp³-hybridized carbons (Fsp3) is 1.00. The van der Waals surface area contributed by atoms with Crippen LogP contribution in [0.3, 0.4) is 0 Å². The maximum Gasteiger partial charge on any atom is -0.00127 e. The van der Waals surface area contributed by atoms with Gasteiger partial charge in [0.2, 0.25) is 0 Å². The highest BCUT2D eigenvalue weighted by atomic mass is 14.9. The van der Waals surface area contributed by atoms with Crippen LogP contribution in [0.1, 0.15) is 59.8 Å². The Morgan fingerprint density at radius 2 is 1.59 bits per heavy atom. The van der Waals surface area contributed by atoms with E-state index in [4.69, 9.17) is 0 Å².